The Morgan fingerprint density at radius 2 is 1.83 bits per heavy atom. The Hall–Kier alpha value is -1.77. The van der Waals surface area contributed by atoms with Crippen LogP contribution >= 0.6 is 0 Å². The molecule has 0 N–H and O–H groups in total. The summed E-state index contributed by atoms with van der Waals surface area (Å²) in [4.78, 5) is 15.0. The van der Waals surface area contributed by atoms with Crippen molar-refractivity contribution in [2.24, 2.45) is 5.92 Å². The zero-order valence-electron chi connectivity index (χ0n) is 15.4. The van der Waals surface area contributed by atoms with Crippen molar-refractivity contribution in [1.82, 2.24) is 4.90 Å². The summed E-state index contributed by atoms with van der Waals surface area (Å²) in [5.41, 5.74) is 1.81. The van der Waals surface area contributed by atoms with Crippen LogP contribution in [0.3, 0.4) is 0 Å². The highest BCUT2D eigenvalue weighted by atomic mass is 16.5. The van der Waals surface area contributed by atoms with Crippen LogP contribution in [0, 0.1) is 5.92 Å². The number of hydrogen-bond donors (Lipinski definition) is 0. The van der Waals surface area contributed by atoms with E-state index in [4.69, 9.17) is 4.74 Å². The largest absolute Gasteiger partial charge is 0.494 e. The number of allylic oxidation sites excluding steroid dienone is 1. The molecule has 1 saturated carbocycles. The summed E-state index contributed by atoms with van der Waals surface area (Å²) in [5.74, 6) is 1.36. The van der Waals surface area contributed by atoms with Gasteiger partial charge in [-0.25, -0.2) is 0 Å². The summed E-state index contributed by atoms with van der Waals surface area (Å²) in [6.45, 7) is 2.90. The Morgan fingerprint density at radius 1 is 1.17 bits per heavy atom. The molecule has 132 valence electrons. The molecule has 1 aliphatic rings. The third kappa shape index (κ3) is 5.40. The van der Waals surface area contributed by atoms with Gasteiger partial charge in [-0.1, -0.05) is 44.7 Å². The van der Waals surface area contributed by atoms with Crippen LogP contribution < -0.4 is 4.74 Å². The van der Waals surface area contributed by atoms with E-state index in [1.54, 1.807) is 0 Å². The third-order valence-electron chi connectivity index (χ3n) is 4.56. The summed E-state index contributed by atoms with van der Waals surface area (Å²) in [6, 6.07) is 7.97. The van der Waals surface area contributed by atoms with Gasteiger partial charge in [0.15, 0.2) is 5.78 Å². The predicted molar refractivity (Wildman–Crippen MR) is 100 cm³/mol. The molecule has 0 aromatic heterocycles. The minimum Gasteiger partial charge on any atom is -0.494 e. The molecule has 0 aliphatic heterocycles. The minimum atomic E-state index is 0.186. The van der Waals surface area contributed by atoms with Crippen molar-refractivity contribution in [2.45, 2.75) is 51.9 Å². The summed E-state index contributed by atoms with van der Waals surface area (Å²) in [7, 11) is 3.94. The van der Waals surface area contributed by atoms with Crippen molar-refractivity contribution < 1.29 is 9.53 Å². The Labute approximate surface area is 146 Å². The number of ketones is 1. The van der Waals surface area contributed by atoms with Gasteiger partial charge < -0.3 is 9.64 Å². The van der Waals surface area contributed by atoms with Gasteiger partial charge in [-0.15, -0.1) is 0 Å². The second kappa shape index (κ2) is 9.51. The number of nitrogens with zero attached hydrogens (tertiary/aromatic N) is 1. The molecular weight excluding hydrogens is 298 g/mol. The molecule has 0 bridgehead atoms. The van der Waals surface area contributed by atoms with Gasteiger partial charge in [0.2, 0.25) is 0 Å². The van der Waals surface area contributed by atoms with Gasteiger partial charge >= 0.3 is 0 Å². The van der Waals surface area contributed by atoms with Crippen molar-refractivity contribution in [2.75, 3.05) is 20.7 Å². The fraction of sp³-hybridized carbons (Fsp3) is 0.571. The lowest BCUT2D eigenvalue weighted by molar-refractivity contribution is -0.118. The van der Waals surface area contributed by atoms with Crippen LogP contribution in [0.2, 0.25) is 0 Å². The maximum Gasteiger partial charge on any atom is 0.168 e. The zero-order valence-corrected chi connectivity index (χ0v) is 15.4. The van der Waals surface area contributed by atoms with Gasteiger partial charge in [-0.2, -0.15) is 0 Å². The van der Waals surface area contributed by atoms with E-state index in [-0.39, 0.29) is 5.92 Å². The van der Waals surface area contributed by atoms with E-state index in [2.05, 4.69) is 6.92 Å². The van der Waals surface area contributed by atoms with Crippen molar-refractivity contribution in [3.8, 4) is 5.75 Å². The van der Waals surface area contributed by atoms with Crippen LogP contribution in [0.1, 0.15) is 57.4 Å². The molecular formula is C21H31NO2. The van der Waals surface area contributed by atoms with Crippen LogP contribution in [-0.2, 0) is 4.79 Å². The van der Waals surface area contributed by atoms with Crippen molar-refractivity contribution in [3.05, 3.63) is 36.0 Å². The van der Waals surface area contributed by atoms with E-state index in [1.807, 2.05) is 49.5 Å². The lowest BCUT2D eigenvalue weighted by atomic mass is 9.82. The summed E-state index contributed by atoms with van der Waals surface area (Å²) >= 11 is 0. The molecule has 0 radical (unpaired) electrons. The average Bonchev–Trinajstić information content (AvgIpc) is 2.61. The van der Waals surface area contributed by atoms with E-state index in [0.717, 1.165) is 49.2 Å². The first-order chi connectivity index (χ1) is 11.6. The van der Waals surface area contributed by atoms with Gasteiger partial charge in [0.05, 0.1) is 6.61 Å². The van der Waals surface area contributed by atoms with Crippen LogP contribution in [0.25, 0.3) is 5.57 Å². The number of carbonyl (C=O) groups excluding carboxylic acids is 1. The van der Waals surface area contributed by atoms with Gasteiger partial charge in [0, 0.05) is 31.8 Å². The molecule has 0 atom stereocenters. The highest BCUT2D eigenvalue weighted by Crippen LogP contribution is 2.30. The summed E-state index contributed by atoms with van der Waals surface area (Å²) in [6.07, 6.45) is 9.83. The van der Waals surface area contributed by atoms with Gasteiger partial charge in [0.25, 0.3) is 0 Å². The summed E-state index contributed by atoms with van der Waals surface area (Å²) in [5, 5.41) is 0. The summed E-state index contributed by atoms with van der Waals surface area (Å²) < 4.78 is 5.72. The highest BCUT2D eigenvalue weighted by molar-refractivity contribution is 6.21. The molecule has 0 saturated heterocycles. The highest BCUT2D eigenvalue weighted by Gasteiger charge is 2.25. The van der Waals surface area contributed by atoms with Crippen LogP contribution in [0.15, 0.2) is 30.5 Å². The second-order valence-electron chi connectivity index (χ2n) is 6.93. The van der Waals surface area contributed by atoms with Gasteiger partial charge in [-0.05, 0) is 37.0 Å². The molecule has 2 rings (SSSR count). The number of ether oxygens (including phenoxy) is 1. The lowest BCUT2D eigenvalue weighted by Crippen LogP contribution is -2.20. The molecule has 3 nitrogen and oxygen atoms in total. The molecule has 1 aliphatic carbocycles. The molecule has 24 heavy (non-hydrogen) atoms. The maximum atomic E-state index is 13.0. The molecule has 1 aromatic rings. The molecule has 0 heterocycles. The van der Waals surface area contributed by atoms with E-state index in [0.29, 0.717) is 5.78 Å². The molecule has 0 spiro atoms. The topological polar surface area (TPSA) is 29.5 Å². The number of hydrogen-bond acceptors (Lipinski definition) is 3. The standard InChI is InChI=1S/C21H31NO2/c1-4-5-15-24-19-13-11-17(12-14-19)20(16-22(2)3)21(23)18-9-7-6-8-10-18/h11-14,16,18H,4-10,15H2,1-3H3/b20-16+. The fourth-order valence-corrected chi connectivity index (χ4v) is 3.19. The number of unbranched alkanes of at least 4 members (excludes halogenated alkanes) is 1. The maximum absolute atomic E-state index is 13.0. The molecule has 0 unspecified atom stereocenters. The Balaban J connectivity index is 2.14. The normalized spacial score (nSPS) is 16.0. The van der Waals surface area contributed by atoms with Crippen molar-refractivity contribution in [1.29, 1.82) is 0 Å². The number of Topliss-reactive ketones (excluding diaryl/α,β-unsaturated/α-hetero) is 1. The lowest BCUT2D eigenvalue weighted by Gasteiger charge is -2.22. The second-order valence-corrected chi connectivity index (χ2v) is 6.93. The first kappa shape index (κ1) is 18.6. The van der Waals surface area contributed by atoms with E-state index >= 15 is 0 Å². The van der Waals surface area contributed by atoms with Crippen molar-refractivity contribution >= 4 is 11.4 Å². The van der Waals surface area contributed by atoms with E-state index < -0.39 is 0 Å². The Morgan fingerprint density at radius 3 is 2.42 bits per heavy atom. The average molecular weight is 329 g/mol. The van der Waals surface area contributed by atoms with E-state index in [9.17, 15) is 4.79 Å². The fourth-order valence-electron chi connectivity index (χ4n) is 3.19. The molecule has 3 heteroatoms. The van der Waals surface area contributed by atoms with Crippen LogP contribution in [0.4, 0.5) is 0 Å². The van der Waals surface area contributed by atoms with Gasteiger partial charge in [-0.3, -0.25) is 4.79 Å². The Bertz CT molecular complexity index is 539. The minimum absolute atomic E-state index is 0.186. The predicted octanol–water partition coefficient (Wildman–Crippen LogP) is 4.92. The van der Waals surface area contributed by atoms with Crippen LogP contribution in [-0.4, -0.2) is 31.4 Å². The smallest absolute Gasteiger partial charge is 0.168 e. The third-order valence-corrected chi connectivity index (χ3v) is 4.56. The molecule has 1 fully saturated rings. The first-order valence-electron chi connectivity index (χ1n) is 9.27. The zero-order chi connectivity index (χ0) is 17.4. The quantitative estimate of drug-likeness (QED) is 0.501. The van der Waals surface area contributed by atoms with Crippen molar-refractivity contribution in [3.63, 3.8) is 0 Å². The van der Waals surface area contributed by atoms with Gasteiger partial charge in [0.1, 0.15) is 5.75 Å². The Kier molecular flexibility index (Phi) is 7.36. The molecule has 1 aromatic carbocycles. The number of benzene rings is 1. The van der Waals surface area contributed by atoms with E-state index in [1.165, 1.54) is 19.3 Å². The monoisotopic (exact) mass is 329 g/mol. The SMILES string of the molecule is CCCCOc1ccc(/C(=C\N(C)C)C(=O)C2CCCCC2)cc1. The first-order valence-corrected chi connectivity index (χ1v) is 9.27. The van der Waals surface area contributed by atoms with Crippen LogP contribution in [0.5, 0.6) is 5.75 Å². The number of rotatable bonds is 8. The molecule has 0 amide bonds. The number of carbonyl (C=O) groups is 1.